The van der Waals surface area contributed by atoms with Crippen molar-refractivity contribution < 1.29 is 0 Å². The molecule has 18 heavy (non-hydrogen) atoms. The van der Waals surface area contributed by atoms with Gasteiger partial charge in [0, 0.05) is 12.5 Å². The molecule has 0 atom stereocenters. The van der Waals surface area contributed by atoms with Crippen molar-refractivity contribution in [2.75, 3.05) is 6.54 Å². The summed E-state index contributed by atoms with van der Waals surface area (Å²) in [6, 6.07) is 0. The Morgan fingerprint density at radius 1 is 1.28 bits per heavy atom. The quantitative estimate of drug-likeness (QED) is 0.840. The van der Waals surface area contributed by atoms with E-state index in [9.17, 15) is 0 Å². The first-order valence-corrected chi connectivity index (χ1v) is 7.31. The fourth-order valence-corrected chi connectivity index (χ4v) is 3.02. The van der Waals surface area contributed by atoms with Crippen LogP contribution in [0.2, 0.25) is 0 Å². The number of tetrazole rings is 1. The third-order valence-corrected chi connectivity index (χ3v) is 4.04. The van der Waals surface area contributed by atoms with Gasteiger partial charge in [-0.15, -0.1) is 5.10 Å². The number of hydrogen-bond donors (Lipinski definition) is 1. The minimum Gasteiger partial charge on any atom is -0.330 e. The van der Waals surface area contributed by atoms with E-state index in [2.05, 4.69) is 22.4 Å². The molecule has 0 aliphatic heterocycles. The van der Waals surface area contributed by atoms with Gasteiger partial charge in [0.25, 0.3) is 0 Å². The molecule has 0 unspecified atom stereocenters. The fraction of sp³-hybridized carbons (Fsp3) is 0.923. The molecule has 2 rings (SSSR count). The average Bonchev–Trinajstić information content (AvgIpc) is 2.86. The van der Waals surface area contributed by atoms with Gasteiger partial charge < -0.3 is 5.73 Å². The minimum absolute atomic E-state index is 0.561. The van der Waals surface area contributed by atoms with Crippen molar-refractivity contribution in [2.45, 2.75) is 64.3 Å². The van der Waals surface area contributed by atoms with E-state index < -0.39 is 0 Å². The first kappa shape index (κ1) is 13.5. The van der Waals surface area contributed by atoms with Crippen LogP contribution in [0.15, 0.2) is 0 Å². The Morgan fingerprint density at radius 2 is 2.06 bits per heavy atom. The molecule has 0 bridgehead atoms. The highest BCUT2D eigenvalue weighted by molar-refractivity contribution is 4.96. The van der Waals surface area contributed by atoms with Crippen LogP contribution in [0, 0.1) is 5.92 Å². The van der Waals surface area contributed by atoms with Crippen molar-refractivity contribution >= 4 is 0 Å². The van der Waals surface area contributed by atoms with Gasteiger partial charge in [-0.05, 0) is 55.0 Å². The van der Waals surface area contributed by atoms with Crippen LogP contribution in [0.5, 0.6) is 0 Å². The molecule has 102 valence electrons. The van der Waals surface area contributed by atoms with E-state index in [1.54, 1.807) is 0 Å². The van der Waals surface area contributed by atoms with Crippen LogP contribution in [0.1, 0.15) is 63.6 Å². The fourth-order valence-electron chi connectivity index (χ4n) is 3.02. The van der Waals surface area contributed by atoms with Crippen molar-refractivity contribution in [3.63, 3.8) is 0 Å². The smallest absolute Gasteiger partial charge is 0.154 e. The van der Waals surface area contributed by atoms with E-state index in [-0.39, 0.29) is 0 Å². The van der Waals surface area contributed by atoms with Crippen molar-refractivity contribution in [2.24, 2.45) is 11.7 Å². The van der Waals surface area contributed by atoms with Gasteiger partial charge in [0.05, 0.1) is 0 Å². The van der Waals surface area contributed by atoms with Crippen molar-refractivity contribution in [1.82, 2.24) is 20.2 Å². The molecule has 1 heterocycles. The van der Waals surface area contributed by atoms with E-state index in [0.29, 0.717) is 12.5 Å². The number of rotatable bonds is 6. The van der Waals surface area contributed by atoms with Gasteiger partial charge in [-0.2, -0.15) is 0 Å². The predicted molar refractivity (Wildman–Crippen MR) is 71.1 cm³/mol. The molecule has 0 aromatic carbocycles. The summed E-state index contributed by atoms with van der Waals surface area (Å²) < 4.78 is 1.96. The lowest BCUT2D eigenvalue weighted by Crippen LogP contribution is -2.18. The normalized spacial score (nSPS) is 24.3. The van der Waals surface area contributed by atoms with Crippen LogP contribution in [0.25, 0.3) is 0 Å². The van der Waals surface area contributed by atoms with Gasteiger partial charge in [0.1, 0.15) is 0 Å². The zero-order chi connectivity index (χ0) is 12.8. The Labute approximate surface area is 109 Å². The number of aromatic nitrogens is 4. The lowest BCUT2D eigenvalue weighted by molar-refractivity contribution is 0.296. The van der Waals surface area contributed by atoms with Crippen LogP contribution in [-0.2, 0) is 6.54 Å². The molecule has 5 heteroatoms. The SMILES string of the molecule is CCCC1CCC(c2nnnn2CCCN)CC1. The highest BCUT2D eigenvalue weighted by atomic mass is 15.5. The molecule has 1 aromatic rings. The first-order valence-electron chi connectivity index (χ1n) is 7.31. The third-order valence-electron chi connectivity index (χ3n) is 4.04. The van der Waals surface area contributed by atoms with E-state index in [0.717, 1.165) is 24.7 Å². The second-order valence-electron chi connectivity index (χ2n) is 5.41. The summed E-state index contributed by atoms with van der Waals surface area (Å²) >= 11 is 0. The summed E-state index contributed by atoms with van der Waals surface area (Å²) in [5.41, 5.74) is 5.54. The Hall–Kier alpha value is -0.970. The van der Waals surface area contributed by atoms with E-state index in [1.165, 1.54) is 38.5 Å². The maximum Gasteiger partial charge on any atom is 0.154 e. The highest BCUT2D eigenvalue weighted by Gasteiger charge is 2.25. The lowest BCUT2D eigenvalue weighted by atomic mass is 9.80. The van der Waals surface area contributed by atoms with Gasteiger partial charge in [0.15, 0.2) is 5.82 Å². The van der Waals surface area contributed by atoms with Gasteiger partial charge in [-0.1, -0.05) is 19.8 Å². The monoisotopic (exact) mass is 251 g/mol. The predicted octanol–water partition coefficient (Wildman–Crippen LogP) is 2.10. The molecular formula is C13H25N5. The standard InChI is InChI=1S/C13H25N5/c1-2-4-11-5-7-12(8-6-11)13-15-16-17-18(13)10-3-9-14/h11-12H,2-10,14H2,1H3. The van der Waals surface area contributed by atoms with Gasteiger partial charge >= 0.3 is 0 Å². The zero-order valence-electron chi connectivity index (χ0n) is 11.4. The van der Waals surface area contributed by atoms with Crippen LogP contribution < -0.4 is 5.73 Å². The molecule has 0 saturated heterocycles. The molecule has 1 fully saturated rings. The van der Waals surface area contributed by atoms with E-state index in [1.807, 2.05) is 4.68 Å². The molecular weight excluding hydrogens is 226 g/mol. The Kier molecular flexibility index (Phi) is 5.11. The summed E-state index contributed by atoms with van der Waals surface area (Å²) in [5, 5.41) is 12.1. The molecule has 1 aliphatic rings. The summed E-state index contributed by atoms with van der Waals surface area (Å²) in [7, 11) is 0. The Bertz CT molecular complexity index is 341. The molecule has 0 spiro atoms. The topological polar surface area (TPSA) is 69.6 Å². The summed E-state index contributed by atoms with van der Waals surface area (Å²) in [5.74, 6) is 2.57. The first-order chi connectivity index (χ1) is 8.85. The van der Waals surface area contributed by atoms with Gasteiger partial charge in [-0.3, -0.25) is 0 Å². The largest absolute Gasteiger partial charge is 0.330 e. The van der Waals surface area contributed by atoms with Crippen LogP contribution in [-0.4, -0.2) is 26.8 Å². The zero-order valence-corrected chi connectivity index (χ0v) is 11.4. The average molecular weight is 251 g/mol. The molecule has 1 aliphatic carbocycles. The molecule has 0 amide bonds. The summed E-state index contributed by atoms with van der Waals surface area (Å²) in [6.07, 6.45) is 8.80. The Morgan fingerprint density at radius 3 is 2.72 bits per heavy atom. The number of nitrogens with two attached hydrogens (primary N) is 1. The van der Waals surface area contributed by atoms with Crippen molar-refractivity contribution in [3.8, 4) is 0 Å². The molecule has 2 N–H and O–H groups in total. The van der Waals surface area contributed by atoms with Crippen molar-refractivity contribution in [3.05, 3.63) is 5.82 Å². The summed E-state index contributed by atoms with van der Waals surface area (Å²) in [6.45, 7) is 3.83. The van der Waals surface area contributed by atoms with Crippen LogP contribution >= 0.6 is 0 Å². The van der Waals surface area contributed by atoms with Crippen LogP contribution in [0.4, 0.5) is 0 Å². The molecule has 1 aromatic heterocycles. The minimum atomic E-state index is 0.561. The second-order valence-corrected chi connectivity index (χ2v) is 5.41. The van der Waals surface area contributed by atoms with Crippen molar-refractivity contribution in [1.29, 1.82) is 0 Å². The third kappa shape index (κ3) is 3.28. The molecule has 0 radical (unpaired) electrons. The maximum absolute atomic E-state index is 5.54. The van der Waals surface area contributed by atoms with Gasteiger partial charge in [0.2, 0.25) is 0 Å². The van der Waals surface area contributed by atoms with E-state index in [4.69, 9.17) is 5.73 Å². The number of aryl methyl sites for hydroxylation is 1. The Balaban J connectivity index is 1.90. The number of nitrogens with zero attached hydrogens (tertiary/aromatic N) is 4. The van der Waals surface area contributed by atoms with Crippen LogP contribution in [0.3, 0.4) is 0 Å². The lowest BCUT2D eigenvalue weighted by Gasteiger charge is -2.27. The number of hydrogen-bond acceptors (Lipinski definition) is 4. The van der Waals surface area contributed by atoms with E-state index >= 15 is 0 Å². The highest BCUT2D eigenvalue weighted by Crippen LogP contribution is 2.36. The summed E-state index contributed by atoms with van der Waals surface area (Å²) in [4.78, 5) is 0. The van der Waals surface area contributed by atoms with Gasteiger partial charge in [-0.25, -0.2) is 4.68 Å². The molecule has 1 saturated carbocycles. The second kappa shape index (κ2) is 6.83. The molecule has 5 nitrogen and oxygen atoms in total. The maximum atomic E-state index is 5.54.